The van der Waals surface area contributed by atoms with Crippen LogP contribution in [0.3, 0.4) is 0 Å². The Morgan fingerprint density at radius 2 is 1.85 bits per heavy atom. The lowest BCUT2D eigenvalue weighted by atomic mass is 10.1. The molecule has 26 heavy (non-hydrogen) atoms. The lowest BCUT2D eigenvalue weighted by Gasteiger charge is -2.26. The number of rotatable bonds is 9. The van der Waals surface area contributed by atoms with E-state index in [4.69, 9.17) is 4.74 Å². The van der Waals surface area contributed by atoms with Gasteiger partial charge in [0.2, 0.25) is 5.95 Å². The number of morpholine rings is 1. The number of benzene rings is 1. The van der Waals surface area contributed by atoms with Gasteiger partial charge >= 0.3 is 0 Å². The van der Waals surface area contributed by atoms with Gasteiger partial charge in [-0.1, -0.05) is 43.7 Å². The monoisotopic (exact) mass is 355 g/mol. The molecule has 2 heterocycles. The van der Waals surface area contributed by atoms with E-state index in [0.29, 0.717) is 5.95 Å². The molecule has 1 fully saturated rings. The molecule has 1 aromatic carbocycles. The lowest BCUT2D eigenvalue weighted by molar-refractivity contribution is 0.0398. The van der Waals surface area contributed by atoms with E-state index in [1.54, 1.807) is 0 Å². The summed E-state index contributed by atoms with van der Waals surface area (Å²) in [7, 11) is 0. The summed E-state index contributed by atoms with van der Waals surface area (Å²) in [6.07, 6.45) is 2.26. The van der Waals surface area contributed by atoms with Crippen molar-refractivity contribution in [1.82, 2.24) is 14.9 Å². The maximum Gasteiger partial charge on any atom is 0.225 e. The molecule has 6 nitrogen and oxygen atoms in total. The Labute approximate surface area is 156 Å². The molecule has 3 rings (SSSR count). The first-order chi connectivity index (χ1) is 12.8. The van der Waals surface area contributed by atoms with Crippen molar-refractivity contribution >= 4 is 11.8 Å². The quantitative estimate of drug-likeness (QED) is 0.674. The predicted molar refractivity (Wildman–Crippen MR) is 107 cm³/mol. The molecule has 0 amide bonds. The summed E-state index contributed by atoms with van der Waals surface area (Å²) >= 11 is 0. The first-order valence-corrected chi connectivity index (χ1v) is 9.57. The fourth-order valence-electron chi connectivity index (χ4n) is 2.92. The average molecular weight is 355 g/mol. The van der Waals surface area contributed by atoms with Crippen molar-refractivity contribution in [2.75, 3.05) is 56.6 Å². The summed E-state index contributed by atoms with van der Waals surface area (Å²) < 4.78 is 5.40. The van der Waals surface area contributed by atoms with Crippen LogP contribution in [-0.2, 0) is 4.74 Å². The molecular weight excluding hydrogens is 326 g/mol. The van der Waals surface area contributed by atoms with E-state index in [-0.39, 0.29) is 0 Å². The van der Waals surface area contributed by atoms with Crippen LogP contribution in [0.2, 0.25) is 0 Å². The number of nitrogens with one attached hydrogen (secondary N) is 2. The summed E-state index contributed by atoms with van der Waals surface area (Å²) in [5.41, 5.74) is 2.04. The molecule has 1 saturated heterocycles. The van der Waals surface area contributed by atoms with Crippen molar-refractivity contribution in [2.45, 2.75) is 19.8 Å². The van der Waals surface area contributed by atoms with Crippen LogP contribution in [0.25, 0.3) is 11.3 Å². The van der Waals surface area contributed by atoms with Crippen molar-refractivity contribution in [3.05, 3.63) is 36.4 Å². The second-order valence-electron chi connectivity index (χ2n) is 6.49. The highest BCUT2D eigenvalue weighted by Crippen LogP contribution is 2.21. The topological polar surface area (TPSA) is 62.3 Å². The molecule has 1 aliphatic rings. The molecule has 0 radical (unpaired) electrons. The predicted octanol–water partition coefficient (Wildman–Crippen LogP) is 3.10. The molecule has 0 unspecified atom stereocenters. The van der Waals surface area contributed by atoms with E-state index < -0.39 is 0 Å². The second kappa shape index (κ2) is 10.1. The number of anilines is 2. The molecule has 0 spiro atoms. The van der Waals surface area contributed by atoms with Crippen LogP contribution < -0.4 is 10.6 Å². The van der Waals surface area contributed by atoms with Crippen molar-refractivity contribution < 1.29 is 4.74 Å². The molecule has 0 saturated carbocycles. The van der Waals surface area contributed by atoms with Gasteiger partial charge in [0, 0.05) is 44.4 Å². The Morgan fingerprint density at radius 1 is 1.04 bits per heavy atom. The molecule has 1 aromatic heterocycles. The first kappa shape index (κ1) is 18.6. The maximum atomic E-state index is 5.40. The number of ether oxygens (including phenoxy) is 1. The normalized spacial score (nSPS) is 15.0. The molecule has 2 N–H and O–H groups in total. The van der Waals surface area contributed by atoms with Gasteiger partial charge in [0.15, 0.2) is 0 Å². The van der Waals surface area contributed by atoms with Gasteiger partial charge in [-0.3, -0.25) is 4.90 Å². The van der Waals surface area contributed by atoms with Gasteiger partial charge in [-0.2, -0.15) is 4.98 Å². The van der Waals surface area contributed by atoms with E-state index >= 15 is 0 Å². The summed E-state index contributed by atoms with van der Waals surface area (Å²) in [5, 5.41) is 6.81. The third-order valence-electron chi connectivity index (χ3n) is 4.45. The Balaban J connectivity index is 1.67. The summed E-state index contributed by atoms with van der Waals surface area (Å²) in [4.78, 5) is 11.7. The zero-order valence-corrected chi connectivity index (χ0v) is 15.6. The van der Waals surface area contributed by atoms with Gasteiger partial charge < -0.3 is 15.4 Å². The summed E-state index contributed by atoms with van der Waals surface area (Å²) in [6.45, 7) is 8.60. The van der Waals surface area contributed by atoms with Gasteiger partial charge in [0.1, 0.15) is 5.82 Å². The highest BCUT2D eigenvalue weighted by molar-refractivity contribution is 5.64. The van der Waals surface area contributed by atoms with Crippen LogP contribution in [-0.4, -0.2) is 60.8 Å². The standard InChI is InChI=1S/C20H29N5O/c1-2-3-9-22-20-23-18(17-7-5-4-6-8-17)16-19(24-20)21-10-11-25-12-14-26-15-13-25/h4-8,16H,2-3,9-15H2,1H3,(H2,21,22,23,24). The van der Waals surface area contributed by atoms with Gasteiger partial charge in [-0.25, -0.2) is 4.98 Å². The number of hydrogen-bond acceptors (Lipinski definition) is 6. The van der Waals surface area contributed by atoms with Crippen molar-refractivity contribution in [3.8, 4) is 11.3 Å². The zero-order valence-electron chi connectivity index (χ0n) is 15.6. The van der Waals surface area contributed by atoms with E-state index in [1.807, 2.05) is 24.3 Å². The molecule has 6 heteroatoms. The Morgan fingerprint density at radius 3 is 2.62 bits per heavy atom. The van der Waals surface area contributed by atoms with Crippen LogP contribution in [0.1, 0.15) is 19.8 Å². The SMILES string of the molecule is CCCCNc1nc(NCCN2CCOCC2)cc(-c2ccccc2)n1. The molecule has 1 aliphatic heterocycles. The molecule has 2 aromatic rings. The van der Waals surface area contributed by atoms with E-state index in [0.717, 1.165) is 75.9 Å². The average Bonchev–Trinajstić information content (AvgIpc) is 2.70. The van der Waals surface area contributed by atoms with Gasteiger partial charge in [0.05, 0.1) is 18.9 Å². The minimum atomic E-state index is 0.689. The molecule has 0 atom stereocenters. The highest BCUT2D eigenvalue weighted by Gasteiger charge is 2.10. The third-order valence-corrected chi connectivity index (χ3v) is 4.45. The minimum absolute atomic E-state index is 0.689. The fourth-order valence-corrected chi connectivity index (χ4v) is 2.92. The van der Waals surface area contributed by atoms with Crippen LogP contribution in [0.5, 0.6) is 0 Å². The Kier molecular flexibility index (Phi) is 7.22. The van der Waals surface area contributed by atoms with Gasteiger partial charge in [-0.15, -0.1) is 0 Å². The number of aromatic nitrogens is 2. The minimum Gasteiger partial charge on any atom is -0.379 e. The number of nitrogens with zero attached hydrogens (tertiary/aromatic N) is 3. The second-order valence-corrected chi connectivity index (χ2v) is 6.49. The first-order valence-electron chi connectivity index (χ1n) is 9.57. The van der Waals surface area contributed by atoms with Crippen molar-refractivity contribution in [1.29, 1.82) is 0 Å². The molecule has 0 aliphatic carbocycles. The molecule has 140 valence electrons. The molecular formula is C20H29N5O. The Hall–Kier alpha value is -2.18. The van der Waals surface area contributed by atoms with Gasteiger partial charge in [0.25, 0.3) is 0 Å². The number of hydrogen-bond donors (Lipinski definition) is 2. The van der Waals surface area contributed by atoms with E-state index in [2.05, 4.69) is 44.6 Å². The maximum absolute atomic E-state index is 5.40. The smallest absolute Gasteiger partial charge is 0.225 e. The van der Waals surface area contributed by atoms with Crippen LogP contribution in [0.15, 0.2) is 36.4 Å². The lowest BCUT2D eigenvalue weighted by Crippen LogP contribution is -2.39. The van der Waals surface area contributed by atoms with Gasteiger partial charge in [-0.05, 0) is 6.42 Å². The summed E-state index contributed by atoms with van der Waals surface area (Å²) in [6, 6.07) is 12.3. The third kappa shape index (κ3) is 5.68. The highest BCUT2D eigenvalue weighted by atomic mass is 16.5. The van der Waals surface area contributed by atoms with E-state index in [1.165, 1.54) is 0 Å². The number of unbranched alkanes of at least 4 members (excludes halogenated alkanes) is 1. The largest absolute Gasteiger partial charge is 0.379 e. The van der Waals surface area contributed by atoms with E-state index in [9.17, 15) is 0 Å². The molecule has 0 bridgehead atoms. The van der Waals surface area contributed by atoms with Crippen molar-refractivity contribution in [3.63, 3.8) is 0 Å². The van der Waals surface area contributed by atoms with Crippen LogP contribution >= 0.6 is 0 Å². The Bertz CT molecular complexity index is 659. The summed E-state index contributed by atoms with van der Waals surface area (Å²) in [5.74, 6) is 1.56. The van der Waals surface area contributed by atoms with Crippen molar-refractivity contribution in [2.24, 2.45) is 0 Å². The van der Waals surface area contributed by atoms with Crippen LogP contribution in [0.4, 0.5) is 11.8 Å². The zero-order chi connectivity index (χ0) is 18.0. The fraction of sp³-hybridized carbons (Fsp3) is 0.500. The van der Waals surface area contributed by atoms with Crippen LogP contribution in [0, 0.1) is 0 Å².